The van der Waals surface area contributed by atoms with Crippen molar-refractivity contribution in [2.45, 2.75) is 33.1 Å². The summed E-state index contributed by atoms with van der Waals surface area (Å²) >= 11 is 0. The van der Waals surface area contributed by atoms with Crippen LogP contribution in [0.5, 0.6) is 0 Å². The summed E-state index contributed by atoms with van der Waals surface area (Å²) in [6.07, 6.45) is 5.33. The van der Waals surface area contributed by atoms with E-state index < -0.39 is 5.82 Å². The van der Waals surface area contributed by atoms with E-state index in [1.54, 1.807) is 20.1 Å². The molecule has 0 saturated heterocycles. The Labute approximate surface area is 117 Å². The first kappa shape index (κ1) is 14.6. The molecule has 1 heterocycles. The summed E-state index contributed by atoms with van der Waals surface area (Å²) in [6, 6.07) is 0. The molecule has 1 fully saturated rings. The number of aryl methyl sites for hydroxylation is 1. The van der Waals surface area contributed by atoms with Crippen molar-refractivity contribution < 1.29 is 13.9 Å². The minimum Gasteiger partial charge on any atom is -0.466 e. The van der Waals surface area contributed by atoms with E-state index in [0.717, 1.165) is 25.5 Å². The number of aromatic nitrogens is 2. The highest BCUT2D eigenvalue weighted by atomic mass is 19.1. The Hall–Kier alpha value is -1.85. The number of carbonyl (C=O) groups is 1. The van der Waals surface area contributed by atoms with Gasteiger partial charge in [-0.2, -0.15) is 0 Å². The van der Waals surface area contributed by atoms with Gasteiger partial charge in [-0.25, -0.2) is 19.4 Å². The van der Waals surface area contributed by atoms with E-state index in [-0.39, 0.29) is 23.6 Å². The summed E-state index contributed by atoms with van der Waals surface area (Å²) in [6.45, 7) is 3.84. The minimum atomic E-state index is -0.558. The molecule has 108 valence electrons. The second kappa shape index (κ2) is 6.54. The predicted octanol–water partition coefficient (Wildman–Crippen LogP) is 2.61. The summed E-state index contributed by atoms with van der Waals surface area (Å²) in [4.78, 5) is 23.6. The quantitative estimate of drug-likeness (QED) is 0.627. The Morgan fingerprint density at radius 3 is 3.15 bits per heavy atom. The van der Waals surface area contributed by atoms with Gasteiger partial charge in [-0.05, 0) is 26.7 Å². The molecule has 0 aromatic carbocycles. The molecule has 2 atom stereocenters. The number of hydrogen-bond donors (Lipinski definition) is 0. The zero-order valence-electron chi connectivity index (χ0n) is 11.7. The van der Waals surface area contributed by atoms with Crippen LogP contribution in [0.2, 0.25) is 0 Å². The maximum atomic E-state index is 13.5. The van der Waals surface area contributed by atoms with Crippen LogP contribution < -0.4 is 0 Å². The van der Waals surface area contributed by atoms with Crippen LogP contribution in [0.3, 0.4) is 0 Å². The molecular weight excluding hydrogens is 261 g/mol. The Balaban J connectivity index is 2.09. The van der Waals surface area contributed by atoms with Gasteiger partial charge in [-0.1, -0.05) is 6.42 Å². The predicted molar refractivity (Wildman–Crippen MR) is 72.3 cm³/mol. The number of nitrogens with zero attached hydrogens (tertiary/aromatic N) is 3. The van der Waals surface area contributed by atoms with Gasteiger partial charge in [-0.15, -0.1) is 0 Å². The zero-order valence-corrected chi connectivity index (χ0v) is 11.7. The highest BCUT2D eigenvalue weighted by Crippen LogP contribution is 2.32. The number of ether oxygens (including phenoxy) is 1. The van der Waals surface area contributed by atoms with Crippen molar-refractivity contribution in [3.63, 3.8) is 0 Å². The molecule has 1 aliphatic rings. The fraction of sp³-hybridized carbons (Fsp3) is 0.571. The molecule has 1 unspecified atom stereocenters. The third kappa shape index (κ3) is 3.37. The lowest BCUT2D eigenvalue weighted by Gasteiger charge is -2.13. The van der Waals surface area contributed by atoms with Crippen LogP contribution in [0.25, 0.3) is 0 Å². The van der Waals surface area contributed by atoms with Crippen LogP contribution in [-0.4, -0.2) is 28.8 Å². The van der Waals surface area contributed by atoms with Gasteiger partial charge in [0.25, 0.3) is 0 Å². The van der Waals surface area contributed by atoms with Gasteiger partial charge >= 0.3 is 5.97 Å². The third-order valence-corrected chi connectivity index (χ3v) is 3.39. The molecule has 2 rings (SSSR count). The van der Waals surface area contributed by atoms with Gasteiger partial charge in [0, 0.05) is 12.1 Å². The smallest absolute Gasteiger partial charge is 0.309 e. The van der Waals surface area contributed by atoms with E-state index in [0.29, 0.717) is 12.4 Å². The fourth-order valence-electron chi connectivity index (χ4n) is 2.41. The lowest BCUT2D eigenvalue weighted by atomic mass is 9.97. The molecule has 0 aliphatic heterocycles. The first-order valence-corrected chi connectivity index (χ1v) is 6.81. The van der Waals surface area contributed by atoms with Gasteiger partial charge in [0.2, 0.25) is 0 Å². The molecule has 1 aromatic heterocycles. The van der Waals surface area contributed by atoms with Crippen LogP contribution in [0.1, 0.15) is 32.0 Å². The fourth-order valence-corrected chi connectivity index (χ4v) is 2.41. The molecular formula is C14H18FN3O2. The number of rotatable bonds is 4. The van der Waals surface area contributed by atoms with Crippen LogP contribution >= 0.6 is 0 Å². The van der Waals surface area contributed by atoms with Crippen molar-refractivity contribution in [2.75, 3.05) is 6.61 Å². The van der Waals surface area contributed by atoms with E-state index in [9.17, 15) is 9.18 Å². The van der Waals surface area contributed by atoms with Gasteiger partial charge in [0.05, 0.1) is 18.7 Å². The summed E-state index contributed by atoms with van der Waals surface area (Å²) in [7, 11) is 0. The van der Waals surface area contributed by atoms with Crippen molar-refractivity contribution in [3.8, 4) is 0 Å². The van der Waals surface area contributed by atoms with E-state index in [2.05, 4.69) is 15.0 Å². The molecule has 0 bridgehead atoms. The maximum absolute atomic E-state index is 13.5. The van der Waals surface area contributed by atoms with Crippen molar-refractivity contribution in [1.29, 1.82) is 0 Å². The van der Waals surface area contributed by atoms with Crippen molar-refractivity contribution >= 4 is 18.0 Å². The SMILES string of the molecule is CCOC(=O)[C@H]1CCCC1C=Nc1nc(C)ncc1F. The highest BCUT2D eigenvalue weighted by molar-refractivity contribution is 5.79. The molecule has 0 amide bonds. The van der Waals surface area contributed by atoms with Crippen LogP contribution in [0, 0.1) is 24.6 Å². The molecule has 1 aliphatic carbocycles. The first-order chi connectivity index (χ1) is 9.61. The van der Waals surface area contributed by atoms with Gasteiger partial charge < -0.3 is 4.74 Å². The van der Waals surface area contributed by atoms with E-state index in [1.165, 1.54) is 0 Å². The summed E-state index contributed by atoms with van der Waals surface area (Å²) in [5.74, 6) is -0.453. The highest BCUT2D eigenvalue weighted by Gasteiger charge is 2.33. The lowest BCUT2D eigenvalue weighted by molar-refractivity contribution is -0.148. The van der Waals surface area contributed by atoms with Crippen molar-refractivity contribution in [2.24, 2.45) is 16.8 Å². The first-order valence-electron chi connectivity index (χ1n) is 6.81. The molecule has 20 heavy (non-hydrogen) atoms. The van der Waals surface area contributed by atoms with Crippen molar-refractivity contribution in [3.05, 3.63) is 17.8 Å². The summed E-state index contributed by atoms with van der Waals surface area (Å²) in [5.41, 5.74) is 0. The molecule has 1 aromatic rings. The normalized spacial score (nSPS) is 22.4. The number of aliphatic imine (C=N–C) groups is 1. The number of esters is 1. The molecule has 0 spiro atoms. The summed E-state index contributed by atoms with van der Waals surface area (Å²) in [5, 5.41) is 0. The zero-order chi connectivity index (χ0) is 14.5. The average Bonchev–Trinajstić information content (AvgIpc) is 2.88. The molecule has 5 nitrogen and oxygen atoms in total. The third-order valence-electron chi connectivity index (χ3n) is 3.39. The average molecular weight is 279 g/mol. The Morgan fingerprint density at radius 1 is 1.60 bits per heavy atom. The lowest BCUT2D eigenvalue weighted by Crippen LogP contribution is -2.22. The molecule has 6 heteroatoms. The van der Waals surface area contributed by atoms with E-state index in [1.807, 2.05) is 0 Å². The molecule has 0 radical (unpaired) electrons. The topological polar surface area (TPSA) is 64.4 Å². The van der Waals surface area contributed by atoms with Crippen LogP contribution in [-0.2, 0) is 9.53 Å². The van der Waals surface area contributed by atoms with Crippen LogP contribution in [0.15, 0.2) is 11.2 Å². The second-order valence-electron chi connectivity index (χ2n) is 4.82. The number of hydrogen-bond acceptors (Lipinski definition) is 5. The standard InChI is InChI=1S/C14H18FN3O2/c1-3-20-14(19)11-6-4-5-10(11)7-17-13-12(15)8-16-9(2)18-13/h7-8,10-11H,3-6H2,1-2H3/t10?,11-/m0/s1. The largest absolute Gasteiger partial charge is 0.466 e. The Morgan fingerprint density at radius 2 is 2.40 bits per heavy atom. The number of carbonyl (C=O) groups excluding carboxylic acids is 1. The van der Waals surface area contributed by atoms with Gasteiger partial charge in [-0.3, -0.25) is 4.79 Å². The van der Waals surface area contributed by atoms with Gasteiger partial charge in [0.1, 0.15) is 5.82 Å². The Bertz CT molecular complexity index is 519. The van der Waals surface area contributed by atoms with Crippen LogP contribution in [0.4, 0.5) is 10.2 Å². The monoisotopic (exact) mass is 279 g/mol. The molecule has 0 N–H and O–H groups in total. The van der Waals surface area contributed by atoms with E-state index in [4.69, 9.17) is 4.74 Å². The minimum absolute atomic E-state index is 0.0104. The molecule has 1 saturated carbocycles. The van der Waals surface area contributed by atoms with Gasteiger partial charge in [0.15, 0.2) is 11.6 Å². The Kier molecular flexibility index (Phi) is 4.76. The second-order valence-corrected chi connectivity index (χ2v) is 4.82. The number of halogens is 1. The van der Waals surface area contributed by atoms with Crippen molar-refractivity contribution in [1.82, 2.24) is 9.97 Å². The summed E-state index contributed by atoms with van der Waals surface area (Å²) < 4.78 is 18.5. The maximum Gasteiger partial charge on any atom is 0.309 e. The van der Waals surface area contributed by atoms with E-state index >= 15 is 0 Å².